The van der Waals surface area contributed by atoms with Crippen molar-refractivity contribution in [1.29, 1.82) is 0 Å². The van der Waals surface area contributed by atoms with Crippen molar-refractivity contribution in [2.75, 3.05) is 5.32 Å². The molecule has 2 aromatic rings. The Hall–Kier alpha value is -2.36. The van der Waals surface area contributed by atoms with Crippen molar-refractivity contribution >= 4 is 17.5 Å². The van der Waals surface area contributed by atoms with Gasteiger partial charge >= 0.3 is 5.97 Å². The van der Waals surface area contributed by atoms with E-state index >= 15 is 0 Å². The van der Waals surface area contributed by atoms with Crippen LogP contribution in [0.4, 0.5) is 11.5 Å². The Morgan fingerprint density at radius 3 is 2.61 bits per heavy atom. The highest BCUT2D eigenvalue weighted by molar-refractivity contribution is 5.85. The van der Waals surface area contributed by atoms with Crippen LogP contribution in [0, 0.1) is 13.8 Å². The number of aromatic nitrogens is 1. The summed E-state index contributed by atoms with van der Waals surface area (Å²) in [4.78, 5) is 14.8. The van der Waals surface area contributed by atoms with Crippen molar-refractivity contribution in [3.63, 3.8) is 0 Å². The molecular formula is C14H14N2O2. The van der Waals surface area contributed by atoms with Crippen LogP contribution in [0.2, 0.25) is 0 Å². The molecule has 2 N–H and O–H groups in total. The first kappa shape index (κ1) is 12.1. The fourth-order valence-electron chi connectivity index (χ4n) is 1.59. The SMILES string of the molecule is Cc1ccc(Nc2cccc(C(=O)O)n2)cc1C. The second kappa shape index (κ2) is 4.87. The molecule has 0 spiro atoms. The summed E-state index contributed by atoms with van der Waals surface area (Å²) >= 11 is 0. The molecule has 1 aromatic carbocycles. The van der Waals surface area contributed by atoms with Crippen molar-refractivity contribution in [3.8, 4) is 0 Å². The van der Waals surface area contributed by atoms with E-state index in [9.17, 15) is 4.79 Å². The average molecular weight is 242 g/mol. The van der Waals surface area contributed by atoms with Gasteiger partial charge in [0.1, 0.15) is 5.82 Å². The second-order valence-electron chi connectivity index (χ2n) is 4.14. The van der Waals surface area contributed by atoms with Gasteiger partial charge in [-0.15, -0.1) is 0 Å². The number of rotatable bonds is 3. The zero-order valence-corrected chi connectivity index (χ0v) is 10.3. The Kier molecular flexibility index (Phi) is 3.28. The summed E-state index contributed by atoms with van der Waals surface area (Å²) in [5.74, 6) is -0.503. The minimum atomic E-state index is -1.03. The fraction of sp³-hybridized carbons (Fsp3) is 0.143. The first-order chi connectivity index (χ1) is 8.56. The quantitative estimate of drug-likeness (QED) is 0.868. The van der Waals surface area contributed by atoms with Gasteiger partial charge in [0.25, 0.3) is 0 Å². The number of carboxylic acids is 1. The summed E-state index contributed by atoms with van der Waals surface area (Å²) in [7, 11) is 0. The fourth-order valence-corrected chi connectivity index (χ4v) is 1.59. The van der Waals surface area contributed by atoms with Crippen molar-refractivity contribution in [1.82, 2.24) is 4.98 Å². The minimum Gasteiger partial charge on any atom is -0.477 e. The first-order valence-corrected chi connectivity index (χ1v) is 5.61. The van der Waals surface area contributed by atoms with E-state index < -0.39 is 5.97 Å². The molecular weight excluding hydrogens is 228 g/mol. The van der Waals surface area contributed by atoms with Gasteiger partial charge < -0.3 is 10.4 Å². The van der Waals surface area contributed by atoms with Gasteiger partial charge in [-0.2, -0.15) is 0 Å². The van der Waals surface area contributed by atoms with Crippen LogP contribution in [0.1, 0.15) is 21.6 Å². The molecule has 0 aliphatic carbocycles. The summed E-state index contributed by atoms with van der Waals surface area (Å²) in [5.41, 5.74) is 3.32. The molecule has 0 aliphatic rings. The van der Waals surface area contributed by atoms with Gasteiger partial charge in [0.05, 0.1) is 0 Å². The molecule has 0 saturated carbocycles. The number of carboxylic acid groups (broad SMARTS) is 1. The highest BCUT2D eigenvalue weighted by Crippen LogP contribution is 2.18. The highest BCUT2D eigenvalue weighted by Gasteiger charge is 2.05. The van der Waals surface area contributed by atoms with Crippen molar-refractivity contribution in [3.05, 3.63) is 53.2 Å². The maximum atomic E-state index is 10.8. The summed E-state index contributed by atoms with van der Waals surface area (Å²) in [5, 5.41) is 12.0. The number of nitrogens with zero attached hydrogens (tertiary/aromatic N) is 1. The topological polar surface area (TPSA) is 62.2 Å². The zero-order chi connectivity index (χ0) is 13.1. The van der Waals surface area contributed by atoms with Gasteiger partial charge in [-0.05, 0) is 49.2 Å². The lowest BCUT2D eigenvalue weighted by Crippen LogP contribution is -2.02. The van der Waals surface area contributed by atoms with Gasteiger partial charge in [0.15, 0.2) is 5.69 Å². The number of nitrogens with one attached hydrogen (secondary N) is 1. The molecule has 0 aliphatic heterocycles. The first-order valence-electron chi connectivity index (χ1n) is 5.61. The molecule has 0 unspecified atom stereocenters. The van der Waals surface area contributed by atoms with E-state index in [0.29, 0.717) is 5.82 Å². The smallest absolute Gasteiger partial charge is 0.354 e. The van der Waals surface area contributed by atoms with Gasteiger partial charge in [-0.25, -0.2) is 9.78 Å². The Morgan fingerprint density at radius 1 is 1.17 bits per heavy atom. The number of hydrogen-bond donors (Lipinski definition) is 2. The van der Waals surface area contributed by atoms with Crippen LogP contribution < -0.4 is 5.32 Å². The largest absolute Gasteiger partial charge is 0.477 e. The molecule has 4 heteroatoms. The average Bonchev–Trinajstić information content (AvgIpc) is 2.34. The lowest BCUT2D eigenvalue weighted by atomic mass is 10.1. The Labute approximate surface area is 105 Å². The van der Waals surface area contributed by atoms with Crippen LogP contribution in [0.5, 0.6) is 0 Å². The Morgan fingerprint density at radius 2 is 1.94 bits per heavy atom. The number of carbonyl (C=O) groups is 1. The molecule has 0 bridgehead atoms. The predicted molar refractivity (Wildman–Crippen MR) is 70.4 cm³/mol. The van der Waals surface area contributed by atoms with Gasteiger partial charge in [-0.3, -0.25) is 0 Å². The van der Waals surface area contributed by atoms with Crippen LogP contribution in [0.15, 0.2) is 36.4 Å². The molecule has 4 nitrogen and oxygen atoms in total. The predicted octanol–water partition coefficient (Wildman–Crippen LogP) is 3.14. The Balaban J connectivity index is 2.25. The number of pyridine rings is 1. The lowest BCUT2D eigenvalue weighted by Gasteiger charge is -2.08. The Bertz CT molecular complexity index is 594. The van der Waals surface area contributed by atoms with E-state index in [1.165, 1.54) is 17.2 Å². The lowest BCUT2D eigenvalue weighted by molar-refractivity contribution is 0.0690. The number of benzene rings is 1. The summed E-state index contributed by atoms with van der Waals surface area (Å²) in [6.45, 7) is 4.07. The van der Waals surface area contributed by atoms with Crippen LogP contribution in [0.25, 0.3) is 0 Å². The van der Waals surface area contributed by atoms with Crippen LogP contribution in [0.3, 0.4) is 0 Å². The summed E-state index contributed by atoms with van der Waals surface area (Å²) in [6.07, 6.45) is 0. The summed E-state index contributed by atoms with van der Waals surface area (Å²) in [6, 6.07) is 10.8. The molecule has 0 fully saturated rings. The monoisotopic (exact) mass is 242 g/mol. The van der Waals surface area contributed by atoms with Crippen molar-refractivity contribution in [2.45, 2.75) is 13.8 Å². The second-order valence-corrected chi connectivity index (χ2v) is 4.14. The number of aromatic carboxylic acids is 1. The molecule has 0 radical (unpaired) electrons. The third kappa shape index (κ3) is 2.66. The van der Waals surface area contributed by atoms with Crippen molar-refractivity contribution < 1.29 is 9.90 Å². The van der Waals surface area contributed by atoms with Gasteiger partial charge in [0, 0.05) is 5.69 Å². The van der Waals surface area contributed by atoms with E-state index in [1.54, 1.807) is 12.1 Å². The third-order valence-electron chi connectivity index (χ3n) is 2.75. The molecule has 92 valence electrons. The van der Waals surface area contributed by atoms with Gasteiger partial charge in [-0.1, -0.05) is 12.1 Å². The standard InChI is InChI=1S/C14H14N2O2/c1-9-6-7-11(8-10(9)2)15-13-5-3-4-12(16-13)14(17)18/h3-8H,1-2H3,(H,15,16)(H,17,18). The third-order valence-corrected chi connectivity index (χ3v) is 2.75. The molecule has 1 aromatic heterocycles. The molecule has 0 atom stereocenters. The molecule has 18 heavy (non-hydrogen) atoms. The highest BCUT2D eigenvalue weighted by atomic mass is 16.4. The molecule has 0 amide bonds. The van der Waals surface area contributed by atoms with Crippen LogP contribution in [-0.4, -0.2) is 16.1 Å². The number of anilines is 2. The van der Waals surface area contributed by atoms with Crippen LogP contribution >= 0.6 is 0 Å². The van der Waals surface area contributed by atoms with Gasteiger partial charge in [0.2, 0.25) is 0 Å². The number of aryl methyl sites for hydroxylation is 2. The zero-order valence-electron chi connectivity index (χ0n) is 10.3. The normalized spacial score (nSPS) is 10.1. The van der Waals surface area contributed by atoms with E-state index in [1.807, 2.05) is 32.0 Å². The molecule has 0 saturated heterocycles. The number of hydrogen-bond acceptors (Lipinski definition) is 3. The minimum absolute atomic E-state index is 0.0313. The summed E-state index contributed by atoms with van der Waals surface area (Å²) < 4.78 is 0. The maximum absolute atomic E-state index is 10.8. The van der Waals surface area contributed by atoms with E-state index in [2.05, 4.69) is 10.3 Å². The molecule has 1 heterocycles. The van der Waals surface area contributed by atoms with Crippen molar-refractivity contribution in [2.24, 2.45) is 0 Å². The van der Waals surface area contributed by atoms with E-state index in [-0.39, 0.29) is 5.69 Å². The van der Waals surface area contributed by atoms with E-state index in [0.717, 1.165) is 5.69 Å². The van der Waals surface area contributed by atoms with E-state index in [4.69, 9.17) is 5.11 Å². The maximum Gasteiger partial charge on any atom is 0.354 e. The molecule has 2 rings (SSSR count). The van der Waals surface area contributed by atoms with Crippen LogP contribution in [-0.2, 0) is 0 Å².